The molecule has 1 aromatic carbocycles. The molecular weight excluding hydrogens is 425 g/mol. The van der Waals surface area contributed by atoms with Crippen LogP contribution in [0.25, 0.3) is 0 Å². The third-order valence-electron chi connectivity index (χ3n) is 3.95. The molecule has 0 spiro atoms. The average Bonchev–Trinajstić information content (AvgIpc) is 2.76. The zero-order chi connectivity index (χ0) is 15.8. The summed E-state index contributed by atoms with van der Waals surface area (Å²) in [6.45, 7) is 0.183. The highest BCUT2D eigenvalue weighted by Crippen LogP contribution is 2.17. The molecule has 1 aromatic rings. The van der Waals surface area contributed by atoms with Crippen molar-refractivity contribution in [1.29, 1.82) is 0 Å². The van der Waals surface area contributed by atoms with Gasteiger partial charge in [-0.3, -0.25) is 4.99 Å². The number of benzene rings is 1. The summed E-state index contributed by atoms with van der Waals surface area (Å²) in [6.07, 6.45) is 7.22. The molecule has 23 heavy (non-hydrogen) atoms. The SMILES string of the molecule is I.NC(=NCCS(=O)(=O)c1ccccc1)NC1CCCCCC1. The molecule has 0 amide bonds. The number of sulfone groups is 1. The van der Waals surface area contributed by atoms with E-state index in [-0.39, 0.29) is 36.3 Å². The lowest BCUT2D eigenvalue weighted by Crippen LogP contribution is -2.40. The standard InChI is InChI=1S/C16H25N3O2S.HI/c17-16(19-14-8-4-1-2-5-9-14)18-12-13-22(20,21)15-10-6-3-7-11-15;/h3,6-7,10-11,14H,1-2,4-5,8-9,12-13H2,(H3,17,18,19);1H. The van der Waals surface area contributed by atoms with E-state index in [9.17, 15) is 8.42 Å². The van der Waals surface area contributed by atoms with Crippen LogP contribution in [-0.2, 0) is 9.84 Å². The zero-order valence-electron chi connectivity index (χ0n) is 13.3. The first kappa shape index (κ1) is 20.2. The Labute approximate surface area is 156 Å². The third-order valence-corrected chi connectivity index (χ3v) is 5.66. The van der Waals surface area contributed by atoms with Gasteiger partial charge in [0.15, 0.2) is 15.8 Å². The van der Waals surface area contributed by atoms with Crippen LogP contribution in [0.3, 0.4) is 0 Å². The second kappa shape index (κ2) is 10.1. The van der Waals surface area contributed by atoms with Crippen molar-refractivity contribution in [2.24, 2.45) is 10.7 Å². The minimum atomic E-state index is -3.29. The van der Waals surface area contributed by atoms with Gasteiger partial charge >= 0.3 is 0 Å². The topological polar surface area (TPSA) is 84.5 Å². The zero-order valence-corrected chi connectivity index (χ0v) is 16.4. The Morgan fingerprint density at radius 2 is 1.74 bits per heavy atom. The summed E-state index contributed by atoms with van der Waals surface area (Å²) in [6, 6.07) is 8.82. The number of guanidine groups is 1. The Hall–Kier alpha value is -0.830. The largest absolute Gasteiger partial charge is 0.370 e. The summed E-state index contributed by atoms with van der Waals surface area (Å²) in [5.41, 5.74) is 5.87. The number of aliphatic imine (C=N–C) groups is 1. The highest BCUT2D eigenvalue weighted by molar-refractivity contribution is 14.0. The monoisotopic (exact) mass is 451 g/mol. The van der Waals surface area contributed by atoms with Gasteiger partial charge in [-0.05, 0) is 25.0 Å². The predicted molar refractivity (Wildman–Crippen MR) is 105 cm³/mol. The van der Waals surface area contributed by atoms with E-state index in [1.165, 1.54) is 25.7 Å². The molecule has 0 unspecified atom stereocenters. The quantitative estimate of drug-likeness (QED) is 0.312. The van der Waals surface area contributed by atoms with Gasteiger partial charge in [-0.2, -0.15) is 0 Å². The highest BCUT2D eigenvalue weighted by Gasteiger charge is 2.14. The van der Waals surface area contributed by atoms with Crippen molar-refractivity contribution in [3.63, 3.8) is 0 Å². The lowest BCUT2D eigenvalue weighted by atomic mass is 10.1. The third kappa shape index (κ3) is 7.07. The van der Waals surface area contributed by atoms with Crippen molar-refractivity contribution in [3.8, 4) is 0 Å². The van der Waals surface area contributed by atoms with E-state index in [4.69, 9.17) is 5.73 Å². The summed E-state index contributed by atoms with van der Waals surface area (Å²) in [5, 5.41) is 3.22. The summed E-state index contributed by atoms with van der Waals surface area (Å²) in [4.78, 5) is 4.50. The van der Waals surface area contributed by atoms with Crippen LogP contribution in [0, 0.1) is 0 Å². The fourth-order valence-corrected chi connectivity index (χ4v) is 3.85. The maximum atomic E-state index is 12.1. The molecule has 2 rings (SSSR count). The summed E-state index contributed by atoms with van der Waals surface area (Å²) < 4.78 is 24.2. The van der Waals surface area contributed by atoms with Crippen LogP contribution in [-0.4, -0.2) is 32.7 Å². The Bertz CT molecular complexity index is 583. The second-order valence-electron chi connectivity index (χ2n) is 5.73. The molecule has 1 aliphatic carbocycles. The molecule has 0 atom stereocenters. The fraction of sp³-hybridized carbons (Fsp3) is 0.562. The molecule has 7 heteroatoms. The number of nitrogens with one attached hydrogen (secondary N) is 1. The van der Waals surface area contributed by atoms with E-state index < -0.39 is 9.84 Å². The first-order chi connectivity index (χ1) is 10.6. The maximum Gasteiger partial charge on any atom is 0.188 e. The Morgan fingerprint density at radius 3 is 2.35 bits per heavy atom. The van der Waals surface area contributed by atoms with E-state index >= 15 is 0 Å². The Kier molecular flexibility index (Phi) is 8.90. The Balaban J connectivity index is 0.00000264. The predicted octanol–water partition coefficient (Wildman–Crippen LogP) is 2.71. The summed E-state index contributed by atoms with van der Waals surface area (Å²) >= 11 is 0. The number of nitrogens with zero attached hydrogens (tertiary/aromatic N) is 1. The first-order valence-corrected chi connectivity index (χ1v) is 9.57. The van der Waals surface area contributed by atoms with Crippen LogP contribution >= 0.6 is 24.0 Å². The van der Waals surface area contributed by atoms with Gasteiger partial charge in [-0.1, -0.05) is 43.9 Å². The van der Waals surface area contributed by atoms with Gasteiger partial charge in [0.1, 0.15) is 0 Å². The molecule has 0 aromatic heterocycles. The fourth-order valence-electron chi connectivity index (χ4n) is 2.71. The number of hydrogen-bond acceptors (Lipinski definition) is 3. The molecule has 5 nitrogen and oxygen atoms in total. The van der Waals surface area contributed by atoms with Gasteiger partial charge in [0, 0.05) is 6.04 Å². The van der Waals surface area contributed by atoms with E-state index in [1.807, 2.05) is 0 Å². The molecule has 3 N–H and O–H groups in total. The lowest BCUT2D eigenvalue weighted by molar-refractivity contribution is 0.530. The van der Waals surface area contributed by atoms with Crippen LogP contribution in [0.4, 0.5) is 0 Å². The van der Waals surface area contributed by atoms with Crippen molar-refractivity contribution in [1.82, 2.24) is 5.32 Å². The van der Waals surface area contributed by atoms with Crippen molar-refractivity contribution in [2.75, 3.05) is 12.3 Å². The second-order valence-corrected chi connectivity index (χ2v) is 7.84. The van der Waals surface area contributed by atoms with E-state index in [0.29, 0.717) is 16.9 Å². The van der Waals surface area contributed by atoms with Gasteiger partial charge in [0.05, 0.1) is 17.2 Å². The van der Waals surface area contributed by atoms with Crippen molar-refractivity contribution in [2.45, 2.75) is 49.5 Å². The van der Waals surface area contributed by atoms with Gasteiger partial charge in [0.2, 0.25) is 0 Å². The van der Waals surface area contributed by atoms with Crippen LogP contribution < -0.4 is 11.1 Å². The average molecular weight is 451 g/mol. The molecule has 0 bridgehead atoms. The summed E-state index contributed by atoms with van der Waals surface area (Å²) in [5.74, 6) is 0.333. The van der Waals surface area contributed by atoms with Crippen molar-refractivity contribution in [3.05, 3.63) is 30.3 Å². The molecule has 0 saturated heterocycles. The molecule has 1 fully saturated rings. The van der Waals surface area contributed by atoms with Crippen LogP contribution in [0.5, 0.6) is 0 Å². The highest BCUT2D eigenvalue weighted by atomic mass is 127. The van der Waals surface area contributed by atoms with Crippen molar-refractivity contribution >= 4 is 39.8 Å². The van der Waals surface area contributed by atoms with Crippen LogP contribution in [0.1, 0.15) is 38.5 Å². The minimum absolute atomic E-state index is 0. The maximum absolute atomic E-state index is 12.1. The van der Waals surface area contributed by atoms with Gasteiger partial charge in [-0.25, -0.2) is 8.42 Å². The minimum Gasteiger partial charge on any atom is -0.370 e. The first-order valence-electron chi connectivity index (χ1n) is 7.92. The number of nitrogens with two attached hydrogens (primary N) is 1. The molecule has 1 saturated carbocycles. The smallest absolute Gasteiger partial charge is 0.188 e. The number of rotatable bonds is 5. The normalized spacial score (nSPS) is 17.1. The van der Waals surface area contributed by atoms with Crippen LogP contribution in [0.2, 0.25) is 0 Å². The molecule has 1 aliphatic rings. The van der Waals surface area contributed by atoms with Crippen LogP contribution in [0.15, 0.2) is 40.2 Å². The van der Waals surface area contributed by atoms with Crippen molar-refractivity contribution < 1.29 is 8.42 Å². The molecule has 0 heterocycles. The molecule has 0 radical (unpaired) electrons. The van der Waals surface area contributed by atoms with Gasteiger partial charge < -0.3 is 11.1 Å². The molecule has 0 aliphatic heterocycles. The lowest BCUT2D eigenvalue weighted by Gasteiger charge is -2.16. The summed E-state index contributed by atoms with van der Waals surface area (Å²) in [7, 11) is -3.29. The molecular formula is C16H26IN3O2S. The number of hydrogen-bond donors (Lipinski definition) is 2. The van der Waals surface area contributed by atoms with E-state index in [0.717, 1.165) is 12.8 Å². The number of halogens is 1. The van der Waals surface area contributed by atoms with E-state index in [2.05, 4.69) is 10.3 Å². The molecule has 130 valence electrons. The van der Waals surface area contributed by atoms with Gasteiger partial charge in [0.25, 0.3) is 0 Å². The Morgan fingerprint density at radius 1 is 1.13 bits per heavy atom. The van der Waals surface area contributed by atoms with Gasteiger partial charge in [-0.15, -0.1) is 24.0 Å². The van der Waals surface area contributed by atoms with E-state index in [1.54, 1.807) is 30.3 Å².